The van der Waals surface area contributed by atoms with Crippen molar-refractivity contribution in [2.45, 2.75) is 71.6 Å². The zero-order chi connectivity index (χ0) is 11.1. The van der Waals surface area contributed by atoms with E-state index >= 15 is 0 Å². The molecular formula is C14H26O. The Kier molecular flexibility index (Phi) is 5.97. The van der Waals surface area contributed by atoms with Gasteiger partial charge in [0.2, 0.25) is 0 Å². The molecule has 0 bridgehead atoms. The molecular weight excluding hydrogens is 184 g/mol. The minimum atomic E-state index is 0.422. The van der Waals surface area contributed by atoms with Crippen LogP contribution in [0.1, 0.15) is 71.6 Å². The number of unbranched alkanes of at least 4 members (excludes halogenated alkanes) is 2. The highest BCUT2D eigenvalue weighted by Gasteiger charge is 2.30. The first-order valence-corrected chi connectivity index (χ1v) is 6.82. The SMILES string of the molecule is CCCCC1CCCC(=O)C1CCCC. The van der Waals surface area contributed by atoms with Gasteiger partial charge in [0.05, 0.1) is 0 Å². The van der Waals surface area contributed by atoms with Crippen molar-refractivity contribution in [2.24, 2.45) is 11.8 Å². The summed E-state index contributed by atoms with van der Waals surface area (Å²) in [5.74, 6) is 1.71. The zero-order valence-electron chi connectivity index (χ0n) is 10.4. The third-order valence-electron chi connectivity index (χ3n) is 3.78. The number of carbonyl (C=O) groups excluding carboxylic acids is 1. The number of rotatable bonds is 6. The standard InChI is InChI=1S/C14H26O/c1-3-5-8-12-9-7-11-14(15)13(12)10-6-4-2/h12-13H,3-11H2,1-2H3. The quantitative estimate of drug-likeness (QED) is 0.637. The Balaban J connectivity index is 2.44. The highest BCUT2D eigenvalue weighted by molar-refractivity contribution is 5.81. The van der Waals surface area contributed by atoms with Crippen LogP contribution in [0.5, 0.6) is 0 Å². The van der Waals surface area contributed by atoms with Crippen molar-refractivity contribution in [1.29, 1.82) is 0 Å². The van der Waals surface area contributed by atoms with E-state index in [1.165, 1.54) is 38.5 Å². The Morgan fingerprint density at radius 2 is 1.80 bits per heavy atom. The summed E-state index contributed by atoms with van der Waals surface area (Å²) in [6, 6.07) is 0. The first-order valence-electron chi connectivity index (χ1n) is 6.82. The van der Waals surface area contributed by atoms with Crippen molar-refractivity contribution in [2.75, 3.05) is 0 Å². The second-order valence-corrected chi connectivity index (χ2v) is 5.01. The van der Waals surface area contributed by atoms with Crippen LogP contribution in [0.3, 0.4) is 0 Å². The van der Waals surface area contributed by atoms with Gasteiger partial charge in [-0.2, -0.15) is 0 Å². The van der Waals surface area contributed by atoms with Crippen LogP contribution < -0.4 is 0 Å². The van der Waals surface area contributed by atoms with E-state index in [-0.39, 0.29) is 0 Å². The van der Waals surface area contributed by atoms with Crippen molar-refractivity contribution in [3.8, 4) is 0 Å². The van der Waals surface area contributed by atoms with E-state index in [0.29, 0.717) is 11.7 Å². The number of hydrogen-bond donors (Lipinski definition) is 0. The van der Waals surface area contributed by atoms with Crippen LogP contribution in [0.25, 0.3) is 0 Å². The third-order valence-corrected chi connectivity index (χ3v) is 3.78. The molecule has 1 nitrogen and oxygen atoms in total. The second kappa shape index (κ2) is 7.03. The van der Waals surface area contributed by atoms with Crippen molar-refractivity contribution in [3.63, 3.8) is 0 Å². The molecule has 0 heterocycles. The predicted molar refractivity (Wildman–Crippen MR) is 64.9 cm³/mol. The van der Waals surface area contributed by atoms with Gasteiger partial charge in [0.15, 0.2) is 0 Å². The summed E-state index contributed by atoms with van der Waals surface area (Å²) in [4.78, 5) is 11.9. The largest absolute Gasteiger partial charge is 0.299 e. The topological polar surface area (TPSA) is 17.1 Å². The average Bonchev–Trinajstić information content (AvgIpc) is 2.25. The fraction of sp³-hybridized carbons (Fsp3) is 0.929. The number of Topliss-reactive ketones (excluding diaryl/α,β-unsaturated/α-hetero) is 1. The first-order chi connectivity index (χ1) is 7.29. The molecule has 0 saturated heterocycles. The molecule has 1 aliphatic carbocycles. The fourth-order valence-electron chi connectivity index (χ4n) is 2.82. The fourth-order valence-corrected chi connectivity index (χ4v) is 2.82. The lowest BCUT2D eigenvalue weighted by Gasteiger charge is -2.30. The molecule has 1 rings (SSSR count). The molecule has 0 N–H and O–H groups in total. The lowest BCUT2D eigenvalue weighted by molar-refractivity contribution is -0.127. The van der Waals surface area contributed by atoms with Gasteiger partial charge in [-0.3, -0.25) is 4.79 Å². The molecule has 0 aromatic carbocycles. The van der Waals surface area contributed by atoms with Crippen LogP contribution >= 0.6 is 0 Å². The molecule has 2 atom stereocenters. The maximum atomic E-state index is 11.9. The van der Waals surface area contributed by atoms with Crippen molar-refractivity contribution in [3.05, 3.63) is 0 Å². The smallest absolute Gasteiger partial charge is 0.136 e. The van der Waals surface area contributed by atoms with Gasteiger partial charge < -0.3 is 0 Å². The molecule has 0 aromatic rings. The molecule has 0 spiro atoms. The lowest BCUT2D eigenvalue weighted by Crippen LogP contribution is -2.28. The molecule has 88 valence electrons. The van der Waals surface area contributed by atoms with Crippen LogP contribution in [0.4, 0.5) is 0 Å². The van der Waals surface area contributed by atoms with Crippen LogP contribution in [0.15, 0.2) is 0 Å². The van der Waals surface area contributed by atoms with E-state index in [2.05, 4.69) is 13.8 Å². The maximum Gasteiger partial charge on any atom is 0.136 e. The summed E-state index contributed by atoms with van der Waals surface area (Å²) in [5.41, 5.74) is 0. The molecule has 2 unspecified atom stereocenters. The van der Waals surface area contributed by atoms with Gasteiger partial charge in [0, 0.05) is 12.3 Å². The summed E-state index contributed by atoms with van der Waals surface area (Å²) in [7, 11) is 0. The Morgan fingerprint density at radius 1 is 1.13 bits per heavy atom. The highest BCUT2D eigenvalue weighted by atomic mass is 16.1. The number of carbonyl (C=O) groups is 1. The maximum absolute atomic E-state index is 11.9. The van der Waals surface area contributed by atoms with E-state index < -0.39 is 0 Å². The van der Waals surface area contributed by atoms with E-state index in [0.717, 1.165) is 25.2 Å². The molecule has 0 aromatic heterocycles. The highest BCUT2D eigenvalue weighted by Crippen LogP contribution is 2.34. The van der Waals surface area contributed by atoms with Crippen LogP contribution in [-0.2, 0) is 4.79 Å². The van der Waals surface area contributed by atoms with Crippen LogP contribution in [0.2, 0.25) is 0 Å². The minimum Gasteiger partial charge on any atom is -0.299 e. The van der Waals surface area contributed by atoms with Gasteiger partial charge in [-0.05, 0) is 31.6 Å². The molecule has 15 heavy (non-hydrogen) atoms. The van der Waals surface area contributed by atoms with Crippen LogP contribution in [0, 0.1) is 11.8 Å². The summed E-state index contributed by atoms with van der Waals surface area (Å²) in [5, 5.41) is 0. The number of hydrogen-bond acceptors (Lipinski definition) is 1. The van der Waals surface area contributed by atoms with Crippen molar-refractivity contribution < 1.29 is 4.79 Å². The van der Waals surface area contributed by atoms with Gasteiger partial charge in [0.25, 0.3) is 0 Å². The summed E-state index contributed by atoms with van der Waals surface area (Å²) >= 11 is 0. The predicted octanol–water partition coefficient (Wildman–Crippen LogP) is 4.35. The molecule has 1 fully saturated rings. The minimum absolute atomic E-state index is 0.422. The van der Waals surface area contributed by atoms with Gasteiger partial charge in [-0.15, -0.1) is 0 Å². The van der Waals surface area contributed by atoms with E-state index in [1.807, 2.05) is 0 Å². The van der Waals surface area contributed by atoms with Gasteiger partial charge in [-0.1, -0.05) is 39.5 Å². The molecule has 0 aliphatic heterocycles. The Hall–Kier alpha value is -0.330. The van der Waals surface area contributed by atoms with Crippen LogP contribution in [-0.4, -0.2) is 5.78 Å². The molecule has 1 saturated carbocycles. The van der Waals surface area contributed by atoms with Gasteiger partial charge >= 0.3 is 0 Å². The third kappa shape index (κ3) is 3.96. The number of ketones is 1. The lowest BCUT2D eigenvalue weighted by atomic mass is 9.74. The van der Waals surface area contributed by atoms with Crippen molar-refractivity contribution in [1.82, 2.24) is 0 Å². The second-order valence-electron chi connectivity index (χ2n) is 5.01. The summed E-state index contributed by atoms with van der Waals surface area (Å²) in [6.07, 6.45) is 10.8. The monoisotopic (exact) mass is 210 g/mol. The van der Waals surface area contributed by atoms with E-state index in [9.17, 15) is 4.79 Å². The summed E-state index contributed by atoms with van der Waals surface area (Å²) in [6.45, 7) is 4.46. The van der Waals surface area contributed by atoms with Crippen molar-refractivity contribution >= 4 is 5.78 Å². The Labute approximate surface area is 94.6 Å². The molecule has 1 heteroatoms. The average molecular weight is 210 g/mol. The normalized spacial score (nSPS) is 26.9. The molecule has 1 aliphatic rings. The van der Waals surface area contributed by atoms with E-state index in [1.54, 1.807) is 0 Å². The summed E-state index contributed by atoms with van der Waals surface area (Å²) < 4.78 is 0. The first kappa shape index (κ1) is 12.7. The van der Waals surface area contributed by atoms with E-state index in [4.69, 9.17) is 0 Å². The van der Waals surface area contributed by atoms with Gasteiger partial charge in [0.1, 0.15) is 5.78 Å². The molecule has 0 radical (unpaired) electrons. The molecule has 0 amide bonds. The Bertz CT molecular complexity index is 186. The zero-order valence-corrected chi connectivity index (χ0v) is 10.4. The van der Waals surface area contributed by atoms with Gasteiger partial charge in [-0.25, -0.2) is 0 Å². The Morgan fingerprint density at radius 3 is 2.47 bits per heavy atom.